The second-order valence-electron chi connectivity index (χ2n) is 5.48. The van der Waals surface area contributed by atoms with E-state index < -0.39 is 0 Å². The molecule has 0 radical (unpaired) electrons. The number of rotatable bonds is 5. The SMILES string of the molecule is CC(Cc1nnc(NC(=O)c2cccc(Cl)c2)s1)c1ccccc1. The molecule has 122 valence electrons. The highest BCUT2D eigenvalue weighted by molar-refractivity contribution is 7.15. The van der Waals surface area contributed by atoms with E-state index in [-0.39, 0.29) is 5.91 Å². The molecule has 0 saturated carbocycles. The number of hydrogen-bond donors (Lipinski definition) is 1. The number of hydrogen-bond acceptors (Lipinski definition) is 4. The number of anilines is 1. The molecule has 3 aromatic rings. The minimum Gasteiger partial charge on any atom is -0.296 e. The summed E-state index contributed by atoms with van der Waals surface area (Å²) < 4.78 is 0. The summed E-state index contributed by atoms with van der Waals surface area (Å²) in [6, 6.07) is 17.1. The van der Waals surface area contributed by atoms with Gasteiger partial charge in [-0.05, 0) is 29.7 Å². The number of carbonyl (C=O) groups excluding carboxylic acids is 1. The molecule has 0 aliphatic rings. The Labute approximate surface area is 149 Å². The zero-order valence-corrected chi connectivity index (χ0v) is 14.6. The number of halogens is 1. The lowest BCUT2D eigenvalue weighted by atomic mass is 9.98. The van der Waals surface area contributed by atoms with Crippen molar-refractivity contribution in [3.8, 4) is 0 Å². The van der Waals surface area contributed by atoms with Gasteiger partial charge in [0.25, 0.3) is 5.91 Å². The van der Waals surface area contributed by atoms with E-state index in [2.05, 4.69) is 34.6 Å². The van der Waals surface area contributed by atoms with Crippen molar-refractivity contribution in [3.63, 3.8) is 0 Å². The van der Waals surface area contributed by atoms with Crippen LogP contribution in [0.25, 0.3) is 0 Å². The van der Waals surface area contributed by atoms with Crippen molar-refractivity contribution in [2.75, 3.05) is 5.32 Å². The van der Waals surface area contributed by atoms with Gasteiger partial charge in [0, 0.05) is 17.0 Å². The number of benzene rings is 2. The molecule has 6 heteroatoms. The Morgan fingerprint density at radius 2 is 1.96 bits per heavy atom. The van der Waals surface area contributed by atoms with Crippen LogP contribution < -0.4 is 5.32 Å². The third-order valence-electron chi connectivity index (χ3n) is 3.62. The van der Waals surface area contributed by atoms with E-state index in [1.165, 1.54) is 16.9 Å². The maximum Gasteiger partial charge on any atom is 0.257 e. The first-order chi connectivity index (χ1) is 11.6. The van der Waals surface area contributed by atoms with Crippen molar-refractivity contribution in [1.82, 2.24) is 10.2 Å². The summed E-state index contributed by atoms with van der Waals surface area (Å²) in [4.78, 5) is 12.2. The Kier molecular flexibility index (Phi) is 5.23. The van der Waals surface area contributed by atoms with Crippen molar-refractivity contribution < 1.29 is 4.79 Å². The van der Waals surface area contributed by atoms with Crippen molar-refractivity contribution in [1.29, 1.82) is 0 Å². The van der Waals surface area contributed by atoms with Gasteiger partial charge in [-0.3, -0.25) is 10.1 Å². The van der Waals surface area contributed by atoms with Gasteiger partial charge in [-0.25, -0.2) is 0 Å². The van der Waals surface area contributed by atoms with Gasteiger partial charge in [-0.15, -0.1) is 10.2 Å². The van der Waals surface area contributed by atoms with Crippen LogP contribution in [0.5, 0.6) is 0 Å². The third kappa shape index (κ3) is 4.19. The average Bonchev–Trinajstić information content (AvgIpc) is 3.02. The number of amides is 1. The van der Waals surface area contributed by atoms with Crippen LogP contribution in [-0.4, -0.2) is 16.1 Å². The highest BCUT2D eigenvalue weighted by atomic mass is 35.5. The Balaban J connectivity index is 1.64. The number of nitrogens with zero attached hydrogens (tertiary/aromatic N) is 2. The first-order valence-electron chi connectivity index (χ1n) is 7.56. The fraction of sp³-hybridized carbons (Fsp3) is 0.167. The quantitative estimate of drug-likeness (QED) is 0.714. The summed E-state index contributed by atoms with van der Waals surface area (Å²) in [6.45, 7) is 2.15. The first kappa shape index (κ1) is 16.6. The van der Waals surface area contributed by atoms with Gasteiger partial charge in [0.1, 0.15) is 5.01 Å². The Morgan fingerprint density at radius 3 is 2.71 bits per heavy atom. The van der Waals surface area contributed by atoms with Gasteiger partial charge in [-0.2, -0.15) is 0 Å². The number of carbonyl (C=O) groups is 1. The van der Waals surface area contributed by atoms with E-state index in [1.54, 1.807) is 24.3 Å². The number of aromatic nitrogens is 2. The van der Waals surface area contributed by atoms with Gasteiger partial charge < -0.3 is 0 Å². The van der Waals surface area contributed by atoms with Crippen LogP contribution in [0.15, 0.2) is 54.6 Å². The topological polar surface area (TPSA) is 54.9 Å². The second kappa shape index (κ2) is 7.55. The summed E-state index contributed by atoms with van der Waals surface area (Å²) in [6.07, 6.45) is 0.786. The molecule has 2 aromatic carbocycles. The monoisotopic (exact) mass is 357 g/mol. The molecule has 0 spiro atoms. The van der Waals surface area contributed by atoms with Crippen LogP contribution in [0.4, 0.5) is 5.13 Å². The maximum atomic E-state index is 12.2. The Hall–Kier alpha value is -2.24. The molecule has 1 atom stereocenters. The molecule has 1 amide bonds. The van der Waals surface area contributed by atoms with Crippen molar-refractivity contribution >= 4 is 34.0 Å². The smallest absolute Gasteiger partial charge is 0.257 e. The highest BCUT2D eigenvalue weighted by Gasteiger charge is 2.13. The molecule has 1 aromatic heterocycles. The molecular weight excluding hydrogens is 342 g/mol. The van der Waals surface area contributed by atoms with Crippen molar-refractivity contribution in [2.45, 2.75) is 19.3 Å². The van der Waals surface area contributed by atoms with Crippen molar-refractivity contribution in [2.24, 2.45) is 0 Å². The minimum atomic E-state index is -0.240. The highest BCUT2D eigenvalue weighted by Crippen LogP contribution is 2.24. The average molecular weight is 358 g/mol. The van der Waals surface area contributed by atoms with Gasteiger partial charge in [0.2, 0.25) is 5.13 Å². The van der Waals surface area contributed by atoms with E-state index in [4.69, 9.17) is 11.6 Å². The molecule has 0 fully saturated rings. The van der Waals surface area contributed by atoms with Crippen LogP contribution in [0.1, 0.15) is 33.8 Å². The lowest BCUT2D eigenvalue weighted by molar-refractivity contribution is 0.102. The predicted molar refractivity (Wildman–Crippen MR) is 97.9 cm³/mol. The van der Waals surface area contributed by atoms with Crippen LogP contribution in [-0.2, 0) is 6.42 Å². The first-order valence-corrected chi connectivity index (χ1v) is 8.75. The van der Waals surface area contributed by atoms with Gasteiger partial charge in [0.15, 0.2) is 0 Å². The van der Waals surface area contributed by atoms with E-state index in [9.17, 15) is 4.79 Å². The fourth-order valence-electron chi connectivity index (χ4n) is 2.35. The molecule has 0 aliphatic carbocycles. The molecule has 0 aliphatic heterocycles. The molecule has 1 heterocycles. The molecule has 3 rings (SSSR count). The Bertz CT molecular complexity index is 835. The normalized spacial score (nSPS) is 11.9. The number of nitrogens with one attached hydrogen (secondary N) is 1. The zero-order chi connectivity index (χ0) is 16.9. The standard InChI is InChI=1S/C18H16ClN3OS/c1-12(13-6-3-2-4-7-13)10-16-21-22-18(24-16)20-17(23)14-8-5-9-15(19)11-14/h2-9,11-12H,10H2,1H3,(H,20,22,23). The fourth-order valence-corrected chi connectivity index (χ4v) is 3.40. The Morgan fingerprint density at radius 1 is 1.17 bits per heavy atom. The zero-order valence-electron chi connectivity index (χ0n) is 13.1. The molecule has 0 saturated heterocycles. The largest absolute Gasteiger partial charge is 0.296 e. The second-order valence-corrected chi connectivity index (χ2v) is 6.98. The lowest BCUT2D eigenvalue weighted by Gasteiger charge is -2.08. The van der Waals surface area contributed by atoms with Crippen LogP contribution in [0.2, 0.25) is 5.02 Å². The summed E-state index contributed by atoms with van der Waals surface area (Å²) in [5.41, 5.74) is 1.76. The summed E-state index contributed by atoms with van der Waals surface area (Å²) in [5, 5.41) is 12.9. The molecule has 0 bridgehead atoms. The minimum absolute atomic E-state index is 0.240. The molecular formula is C18H16ClN3OS. The molecule has 24 heavy (non-hydrogen) atoms. The van der Waals surface area contributed by atoms with Crippen LogP contribution >= 0.6 is 22.9 Å². The summed E-state index contributed by atoms with van der Waals surface area (Å²) in [7, 11) is 0. The van der Waals surface area contributed by atoms with Crippen LogP contribution in [0, 0.1) is 0 Å². The predicted octanol–water partition coefficient (Wildman–Crippen LogP) is 4.79. The van der Waals surface area contributed by atoms with Gasteiger partial charge in [0.05, 0.1) is 0 Å². The van der Waals surface area contributed by atoms with Crippen molar-refractivity contribution in [3.05, 3.63) is 75.8 Å². The van der Waals surface area contributed by atoms with E-state index in [0.29, 0.717) is 21.6 Å². The summed E-state index contributed by atoms with van der Waals surface area (Å²) >= 11 is 7.30. The van der Waals surface area contributed by atoms with E-state index >= 15 is 0 Å². The maximum absolute atomic E-state index is 12.2. The lowest BCUT2D eigenvalue weighted by Crippen LogP contribution is -2.11. The molecule has 4 nitrogen and oxygen atoms in total. The molecule has 1 unspecified atom stereocenters. The summed E-state index contributed by atoms with van der Waals surface area (Å²) in [5.74, 6) is 0.104. The molecule has 1 N–H and O–H groups in total. The third-order valence-corrected chi connectivity index (χ3v) is 4.72. The van der Waals surface area contributed by atoms with E-state index in [0.717, 1.165) is 11.4 Å². The van der Waals surface area contributed by atoms with Gasteiger partial charge in [-0.1, -0.05) is 66.3 Å². The van der Waals surface area contributed by atoms with E-state index in [1.807, 2.05) is 18.2 Å². The van der Waals surface area contributed by atoms with Gasteiger partial charge >= 0.3 is 0 Å². The van der Waals surface area contributed by atoms with Crippen LogP contribution in [0.3, 0.4) is 0 Å².